The van der Waals surface area contributed by atoms with Gasteiger partial charge in [0.25, 0.3) is 5.91 Å². The van der Waals surface area contributed by atoms with Crippen LogP contribution in [0, 0.1) is 0 Å². The van der Waals surface area contributed by atoms with Gasteiger partial charge in [0.15, 0.2) is 6.10 Å². The molecule has 3 N–H and O–H groups in total. The van der Waals surface area contributed by atoms with Crippen molar-refractivity contribution >= 4 is 18.0 Å². The summed E-state index contributed by atoms with van der Waals surface area (Å²) >= 11 is 0. The number of amides is 2. The van der Waals surface area contributed by atoms with Crippen LogP contribution in [0.1, 0.15) is 41.8 Å². The zero-order valence-electron chi connectivity index (χ0n) is 17.1. The number of benzene rings is 2. The maximum absolute atomic E-state index is 12.5. The number of allylic oxidation sites excluding steroid dienone is 1. The van der Waals surface area contributed by atoms with E-state index < -0.39 is 30.2 Å². The first kappa shape index (κ1) is 23.6. The van der Waals surface area contributed by atoms with Gasteiger partial charge in [0.1, 0.15) is 5.75 Å². The van der Waals surface area contributed by atoms with Crippen molar-refractivity contribution in [1.29, 1.82) is 0 Å². The van der Waals surface area contributed by atoms with Gasteiger partial charge >= 0.3 is 12.1 Å². The summed E-state index contributed by atoms with van der Waals surface area (Å²) in [7, 11) is 0. The van der Waals surface area contributed by atoms with E-state index in [4.69, 9.17) is 14.6 Å². The lowest BCUT2D eigenvalue weighted by atomic mass is 10.00. The van der Waals surface area contributed by atoms with Crippen molar-refractivity contribution in [2.24, 2.45) is 0 Å². The van der Waals surface area contributed by atoms with Gasteiger partial charge in [-0.1, -0.05) is 36.4 Å². The lowest BCUT2D eigenvalue weighted by molar-refractivity contribution is -0.131. The van der Waals surface area contributed by atoms with Gasteiger partial charge in [-0.05, 0) is 49.6 Å². The number of phenols is 1. The van der Waals surface area contributed by atoms with Crippen molar-refractivity contribution in [3.05, 3.63) is 77.9 Å². The van der Waals surface area contributed by atoms with Crippen molar-refractivity contribution in [2.75, 3.05) is 6.61 Å². The standard InChI is InChI=1S/C23H25NO7/c1-2-30-19(10-6-7-11-20(26)27)21(16-12-14-18(25)15-13-16)31-23(29)24-22(28)17-8-4-3-5-9-17/h3-5,7-9,11-15,19,21,25H,2,6,10H2,1H3,(H,26,27)(H,24,28,29)/b11-7+/t19-,21-/m1/s1. The van der Waals surface area contributed by atoms with Gasteiger partial charge < -0.3 is 19.7 Å². The van der Waals surface area contributed by atoms with E-state index in [1.807, 2.05) is 0 Å². The topological polar surface area (TPSA) is 122 Å². The first-order valence-electron chi connectivity index (χ1n) is 9.77. The molecule has 0 aliphatic carbocycles. The third-order valence-electron chi connectivity index (χ3n) is 4.30. The molecule has 2 atom stereocenters. The predicted octanol–water partition coefficient (Wildman–Crippen LogP) is 3.83. The van der Waals surface area contributed by atoms with Crippen LogP contribution in [0.5, 0.6) is 5.75 Å². The van der Waals surface area contributed by atoms with Gasteiger partial charge in [0.2, 0.25) is 0 Å². The van der Waals surface area contributed by atoms with Crippen LogP contribution < -0.4 is 5.32 Å². The Hall–Kier alpha value is -3.65. The molecule has 0 bridgehead atoms. The van der Waals surface area contributed by atoms with Gasteiger partial charge in [0, 0.05) is 18.2 Å². The van der Waals surface area contributed by atoms with Gasteiger partial charge in [0.05, 0.1) is 6.10 Å². The molecule has 0 unspecified atom stereocenters. The van der Waals surface area contributed by atoms with Crippen molar-refractivity contribution in [2.45, 2.75) is 32.0 Å². The van der Waals surface area contributed by atoms with E-state index in [0.29, 0.717) is 30.6 Å². The summed E-state index contributed by atoms with van der Waals surface area (Å²) < 4.78 is 11.3. The van der Waals surface area contributed by atoms with E-state index in [1.54, 1.807) is 49.4 Å². The molecule has 8 nitrogen and oxygen atoms in total. The number of imide groups is 1. The van der Waals surface area contributed by atoms with E-state index in [0.717, 1.165) is 6.08 Å². The maximum atomic E-state index is 12.5. The number of ether oxygens (including phenoxy) is 2. The summed E-state index contributed by atoms with van der Waals surface area (Å²) in [5, 5.41) is 20.5. The summed E-state index contributed by atoms with van der Waals surface area (Å²) in [6, 6.07) is 14.3. The number of alkyl carbamates (subject to hydrolysis) is 1. The summed E-state index contributed by atoms with van der Waals surface area (Å²) in [6.07, 6.45) is 0.819. The Labute approximate surface area is 180 Å². The van der Waals surface area contributed by atoms with Gasteiger partial charge in [-0.15, -0.1) is 0 Å². The Kier molecular flexibility index (Phi) is 9.25. The van der Waals surface area contributed by atoms with E-state index in [2.05, 4.69) is 5.32 Å². The average molecular weight is 427 g/mol. The molecule has 0 aliphatic rings. The number of nitrogens with one attached hydrogen (secondary N) is 1. The molecule has 2 aromatic rings. The maximum Gasteiger partial charge on any atom is 0.414 e. The first-order valence-corrected chi connectivity index (χ1v) is 9.77. The fourth-order valence-corrected chi connectivity index (χ4v) is 2.90. The number of carbonyl (C=O) groups excluding carboxylic acids is 2. The molecule has 0 saturated heterocycles. The van der Waals surface area contributed by atoms with Crippen LogP contribution in [0.3, 0.4) is 0 Å². The molecule has 0 heterocycles. The molecule has 2 aromatic carbocycles. The van der Waals surface area contributed by atoms with Crippen LogP contribution in [-0.2, 0) is 14.3 Å². The Morgan fingerprint density at radius 3 is 2.35 bits per heavy atom. The number of rotatable bonds is 10. The van der Waals surface area contributed by atoms with Crippen LogP contribution in [-0.4, -0.2) is 40.9 Å². The Balaban J connectivity index is 2.17. The third kappa shape index (κ3) is 7.94. The van der Waals surface area contributed by atoms with Crippen molar-refractivity contribution in [3.63, 3.8) is 0 Å². The molecule has 0 radical (unpaired) electrons. The number of hydrogen-bond donors (Lipinski definition) is 3. The Bertz CT molecular complexity index is 894. The van der Waals surface area contributed by atoms with Crippen LogP contribution in [0.4, 0.5) is 4.79 Å². The molecule has 0 spiro atoms. The monoisotopic (exact) mass is 427 g/mol. The fraction of sp³-hybridized carbons (Fsp3) is 0.261. The molecule has 31 heavy (non-hydrogen) atoms. The normalized spacial score (nSPS) is 12.8. The van der Waals surface area contributed by atoms with Gasteiger partial charge in [-0.25, -0.2) is 9.59 Å². The number of hydrogen-bond acceptors (Lipinski definition) is 6. The van der Waals surface area contributed by atoms with E-state index >= 15 is 0 Å². The van der Waals surface area contributed by atoms with Crippen LogP contribution >= 0.6 is 0 Å². The second kappa shape index (κ2) is 12.1. The number of carboxylic acid groups (broad SMARTS) is 1. The van der Waals surface area contributed by atoms with Gasteiger partial charge in [-0.2, -0.15) is 0 Å². The van der Waals surface area contributed by atoms with Crippen LogP contribution in [0.15, 0.2) is 66.7 Å². The van der Waals surface area contributed by atoms with Crippen LogP contribution in [0.2, 0.25) is 0 Å². The molecule has 0 aromatic heterocycles. The SMILES string of the molecule is CCO[C@H](CC/C=C/C(=O)O)[C@H](OC(=O)NC(=O)c1ccccc1)c1ccc(O)cc1. The number of aromatic hydroxyl groups is 1. The summed E-state index contributed by atoms with van der Waals surface area (Å²) in [6.45, 7) is 2.11. The second-order valence-electron chi connectivity index (χ2n) is 6.55. The lowest BCUT2D eigenvalue weighted by Gasteiger charge is -2.27. The van der Waals surface area contributed by atoms with E-state index in [-0.39, 0.29) is 5.75 Å². The zero-order valence-corrected chi connectivity index (χ0v) is 17.1. The Morgan fingerprint density at radius 1 is 1.06 bits per heavy atom. The summed E-state index contributed by atoms with van der Waals surface area (Å²) in [4.78, 5) is 35.4. The zero-order chi connectivity index (χ0) is 22.6. The minimum atomic E-state index is -1.06. The highest BCUT2D eigenvalue weighted by Crippen LogP contribution is 2.28. The second-order valence-corrected chi connectivity index (χ2v) is 6.55. The number of phenolic OH excluding ortho intramolecular Hbond substituents is 1. The molecule has 164 valence electrons. The minimum Gasteiger partial charge on any atom is -0.508 e. The molecule has 0 aliphatic heterocycles. The lowest BCUT2D eigenvalue weighted by Crippen LogP contribution is -2.35. The minimum absolute atomic E-state index is 0.0450. The molecular formula is C23H25NO7. The van der Waals surface area contributed by atoms with E-state index in [1.165, 1.54) is 18.2 Å². The third-order valence-corrected chi connectivity index (χ3v) is 4.30. The Morgan fingerprint density at radius 2 is 1.74 bits per heavy atom. The summed E-state index contributed by atoms with van der Waals surface area (Å²) in [5.74, 6) is -1.62. The molecule has 2 rings (SSSR count). The number of carboxylic acids is 1. The smallest absolute Gasteiger partial charge is 0.414 e. The highest BCUT2D eigenvalue weighted by atomic mass is 16.6. The number of aliphatic carboxylic acids is 1. The van der Waals surface area contributed by atoms with Crippen molar-refractivity contribution in [3.8, 4) is 5.75 Å². The fourth-order valence-electron chi connectivity index (χ4n) is 2.90. The first-order chi connectivity index (χ1) is 14.9. The number of carbonyl (C=O) groups is 3. The highest BCUT2D eigenvalue weighted by molar-refractivity contribution is 6.02. The average Bonchev–Trinajstić information content (AvgIpc) is 2.75. The van der Waals surface area contributed by atoms with E-state index in [9.17, 15) is 19.5 Å². The van der Waals surface area contributed by atoms with Crippen LogP contribution in [0.25, 0.3) is 0 Å². The summed E-state index contributed by atoms with van der Waals surface area (Å²) in [5.41, 5.74) is 0.863. The molecule has 8 heteroatoms. The highest BCUT2D eigenvalue weighted by Gasteiger charge is 2.28. The molecule has 0 saturated carbocycles. The predicted molar refractivity (Wildman–Crippen MR) is 113 cm³/mol. The van der Waals surface area contributed by atoms with Crippen molar-refractivity contribution in [1.82, 2.24) is 5.32 Å². The van der Waals surface area contributed by atoms with Crippen molar-refractivity contribution < 1.29 is 34.1 Å². The molecule has 2 amide bonds. The van der Waals surface area contributed by atoms with Gasteiger partial charge in [-0.3, -0.25) is 10.1 Å². The quantitative estimate of drug-likeness (QED) is 0.493. The molecule has 0 fully saturated rings. The molecular weight excluding hydrogens is 402 g/mol. The largest absolute Gasteiger partial charge is 0.508 e.